The summed E-state index contributed by atoms with van der Waals surface area (Å²) in [6, 6.07) is 24.5. The van der Waals surface area contributed by atoms with Crippen molar-refractivity contribution < 1.29 is 37.6 Å². The van der Waals surface area contributed by atoms with Gasteiger partial charge in [-0.05, 0) is 0 Å². The summed E-state index contributed by atoms with van der Waals surface area (Å²) in [4.78, 5) is 27.8. The number of halogens is 5. The molecule has 0 amide bonds. The van der Waals surface area contributed by atoms with Crippen LogP contribution in [0.1, 0.15) is 11.1 Å². The molecular weight excluding hydrogens is 689 g/mol. The number of carbonyl (C=O) groups excluding carboxylic acids is 2. The average Bonchev–Trinajstić information content (AvgIpc) is 2.97. The van der Waals surface area contributed by atoms with Crippen molar-refractivity contribution in [3.05, 3.63) is 162 Å². The van der Waals surface area contributed by atoms with Crippen LogP contribution in [0.2, 0.25) is 0 Å². The van der Waals surface area contributed by atoms with E-state index in [4.69, 9.17) is 6.03 Å². The summed E-state index contributed by atoms with van der Waals surface area (Å²) in [6.07, 6.45) is -1.05. The first kappa shape index (κ1) is 30.9. The molecule has 5 rings (SSSR count). The SMILES string of the molecule is O=C(Cc1cccc(F)c1)[O][Sb]([O]C(=O)Cc1cccc(F)c1)([c]1cccc(F)c1)([c]1cccc(F)c1)[c]1cccc(F)c1. The predicted octanol–water partition coefficient (Wildman–Crippen LogP) is 5.37. The molecule has 0 radical (unpaired) electrons. The number of hydrogen-bond donors (Lipinski definition) is 0. The molecule has 0 saturated heterocycles. The number of carbonyl (C=O) groups is 2. The van der Waals surface area contributed by atoms with Crippen LogP contribution < -0.4 is 10.5 Å². The molecule has 0 N–H and O–H groups in total. The Labute approximate surface area is 251 Å². The monoisotopic (exact) mass is 712 g/mol. The molecule has 0 heterocycles. The summed E-state index contributed by atoms with van der Waals surface area (Å²) in [5, 5.41) is 0. The van der Waals surface area contributed by atoms with E-state index in [-0.39, 0.29) is 21.7 Å². The summed E-state index contributed by atoms with van der Waals surface area (Å²) in [5.74, 6) is -5.74. The van der Waals surface area contributed by atoms with Crippen LogP contribution in [0.5, 0.6) is 0 Å². The van der Waals surface area contributed by atoms with Crippen LogP contribution in [-0.2, 0) is 28.5 Å². The molecule has 0 saturated carbocycles. The molecule has 0 aliphatic heterocycles. The zero-order chi connectivity index (χ0) is 31.3. The van der Waals surface area contributed by atoms with E-state index in [0.717, 1.165) is 48.5 Å². The molecule has 0 aliphatic rings. The van der Waals surface area contributed by atoms with Crippen molar-refractivity contribution in [2.45, 2.75) is 12.8 Å². The van der Waals surface area contributed by atoms with Crippen LogP contribution in [-0.4, -0.2) is 30.2 Å². The molecular formula is C34H24F5O4Sb. The molecule has 44 heavy (non-hydrogen) atoms. The summed E-state index contributed by atoms with van der Waals surface area (Å²) in [7, 11) is 0. The molecule has 5 aromatic rings. The van der Waals surface area contributed by atoms with E-state index in [1.54, 1.807) is 0 Å². The Morgan fingerprint density at radius 1 is 0.455 bits per heavy atom. The van der Waals surface area contributed by atoms with Crippen molar-refractivity contribution >= 4 is 40.7 Å². The van der Waals surface area contributed by atoms with Gasteiger partial charge in [-0.1, -0.05) is 0 Å². The maximum absolute atomic E-state index is 15.0. The average molecular weight is 713 g/mol. The second-order valence-corrected chi connectivity index (χ2v) is 20.9. The van der Waals surface area contributed by atoms with Gasteiger partial charge in [0, 0.05) is 0 Å². The number of rotatable bonds is 9. The third-order valence-corrected chi connectivity index (χ3v) is 20.4. The second kappa shape index (κ2) is 12.6. The first-order chi connectivity index (χ1) is 21.1. The summed E-state index contributed by atoms with van der Waals surface area (Å²) in [6.45, 7) is 0. The topological polar surface area (TPSA) is 52.6 Å². The van der Waals surface area contributed by atoms with Crippen LogP contribution in [0.15, 0.2) is 121 Å². The minimum absolute atomic E-state index is 0.130. The third-order valence-electron chi connectivity index (χ3n) is 6.86. The summed E-state index contributed by atoms with van der Waals surface area (Å²) in [5.41, 5.74) is 0.403. The molecule has 0 atom stereocenters. The Morgan fingerprint density at radius 2 is 0.750 bits per heavy atom. The zero-order valence-corrected chi connectivity index (χ0v) is 25.5. The Hall–Kier alpha value is -4.49. The Bertz CT molecular complexity index is 1680. The third kappa shape index (κ3) is 6.24. The maximum atomic E-state index is 15.0. The molecule has 0 unspecified atom stereocenters. The molecule has 10 heteroatoms. The Balaban J connectivity index is 1.83. The van der Waals surface area contributed by atoms with Crippen LogP contribution in [0, 0.1) is 29.1 Å². The van der Waals surface area contributed by atoms with Gasteiger partial charge in [0.2, 0.25) is 0 Å². The fraction of sp³-hybridized carbons (Fsp3) is 0.0588. The fourth-order valence-electron chi connectivity index (χ4n) is 5.05. The molecule has 0 aromatic heterocycles. The fourth-order valence-corrected chi connectivity index (χ4v) is 18.2. The van der Waals surface area contributed by atoms with Crippen molar-refractivity contribution in [1.29, 1.82) is 0 Å². The van der Waals surface area contributed by atoms with Crippen molar-refractivity contribution in [2.24, 2.45) is 0 Å². The molecule has 224 valence electrons. The number of hydrogen-bond acceptors (Lipinski definition) is 4. The van der Waals surface area contributed by atoms with Gasteiger partial charge in [-0.3, -0.25) is 0 Å². The molecule has 0 spiro atoms. The van der Waals surface area contributed by atoms with E-state index >= 15 is 13.2 Å². The standard InChI is InChI=1S/2C8H7FO2.3C6H4F.Sb/c2*9-7-3-1-2-6(4-7)5-8(10)11;3*7-6-4-2-1-3-5-6;/h2*1-4H,5H2,(H,10,11);3*1-2,4-5H;/q;;;;;+2/p-2. The second-order valence-electron chi connectivity index (χ2n) is 9.94. The van der Waals surface area contributed by atoms with Gasteiger partial charge >= 0.3 is 253 Å². The minimum atomic E-state index is -6.91. The van der Waals surface area contributed by atoms with Crippen molar-refractivity contribution in [3.8, 4) is 0 Å². The van der Waals surface area contributed by atoms with Crippen molar-refractivity contribution in [2.75, 3.05) is 0 Å². The van der Waals surface area contributed by atoms with Gasteiger partial charge in [0.05, 0.1) is 0 Å². The van der Waals surface area contributed by atoms with Crippen molar-refractivity contribution in [3.63, 3.8) is 0 Å². The van der Waals surface area contributed by atoms with Crippen LogP contribution in [0.3, 0.4) is 0 Å². The van der Waals surface area contributed by atoms with Crippen LogP contribution in [0.4, 0.5) is 22.0 Å². The quantitative estimate of drug-likeness (QED) is 0.152. The normalized spacial score (nSPS) is 12.2. The molecule has 0 bridgehead atoms. The zero-order valence-electron chi connectivity index (χ0n) is 22.9. The van der Waals surface area contributed by atoms with E-state index < -0.39 is 72.1 Å². The van der Waals surface area contributed by atoms with Crippen molar-refractivity contribution in [1.82, 2.24) is 0 Å². The van der Waals surface area contributed by atoms with E-state index in [2.05, 4.69) is 0 Å². The Kier molecular flexibility index (Phi) is 8.88. The van der Waals surface area contributed by atoms with Crippen LogP contribution >= 0.6 is 0 Å². The van der Waals surface area contributed by atoms with E-state index in [0.29, 0.717) is 0 Å². The van der Waals surface area contributed by atoms with E-state index in [1.807, 2.05) is 0 Å². The first-order valence-corrected chi connectivity index (χ1v) is 19.2. The van der Waals surface area contributed by atoms with Gasteiger partial charge in [0.15, 0.2) is 0 Å². The van der Waals surface area contributed by atoms with Crippen LogP contribution in [0.25, 0.3) is 0 Å². The predicted molar refractivity (Wildman–Crippen MR) is 156 cm³/mol. The molecule has 0 aliphatic carbocycles. The summed E-state index contributed by atoms with van der Waals surface area (Å²) >= 11 is -6.91. The van der Waals surface area contributed by atoms with Gasteiger partial charge in [0.25, 0.3) is 0 Å². The molecule has 0 fully saturated rings. The summed E-state index contributed by atoms with van der Waals surface area (Å²) < 4.78 is 85.4. The number of benzene rings is 5. The van der Waals surface area contributed by atoms with E-state index in [1.165, 1.54) is 72.8 Å². The molecule has 5 aromatic carbocycles. The van der Waals surface area contributed by atoms with Gasteiger partial charge in [-0.15, -0.1) is 0 Å². The van der Waals surface area contributed by atoms with Gasteiger partial charge < -0.3 is 0 Å². The van der Waals surface area contributed by atoms with Gasteiger partial charge in [-0.2, -0.15) is 0 Å². The van der Waals surface area contributed by atoms with Gasteiger partial charge in [0.1, 0.15) is 0 Å². The Morgan fingerprint density at radius 3 is 1.05 bits per heavy atom. The van der Waals surface area contributed by atoms with E-state index in [9.17, 15) is 18.4 Å². The van der Waals surface area contributed by atoms with Gasteiger partial charge in [-0.25, -0.2) is 0 Å². The first-order valence-electron chi connectivity index (χ1n) is 13.3. The molecule has 4 nitrogen and oxygen atoms in total.